The molecule has 3 nitrogen and oxygen atoms in total. The Hall–Kier alpha value is -1.04. The number of halogens is 3. The summed E-state index contributed by atoms with van der Waals surface area (Å²) in [5.74, 6) is 0. The monoisotopic (exact) mass is 218 g/mol. The van der Waals surface area contributed by atoms with Gasteiger partial charge in [-0.2, -0.15) is 18.3 Å². The zero-order valence-electron chi connectivity index (χ0n) is 8.25. The van der Waals surface area contributed by atoms with Gasteiger partial charge < -0.3 is 4.90 Å². The molecule has 1 aromatic heterocycles. The molecule has 1 fully saturated rings. The number of aromatic nitrogens is 2. The first-order valence-corrected chi connectivity index (χ1v) is 4.69. The summed E-state index contributed by atoms with van der Waals surface area (Å²) in [6.07, 6.45) is -2.27. The lowest BCUT2D eigenvalue weighted by molar-refractivity contribution is -0.141. The number of hydrogen-bond donors (Lipinski definition) is 0. The van der Waals surface area contributed by atoms with Gasteiger partial charge in [0.15, 0.2) is 5.69 Å². The van der Waals surface area contributed by atoms with Gasteiger partial charge in [0.05, 0.1) is 6.04 Å². The van der Waals surface area contributed by atoms with Gasteiger partial charge in [0.25, 0.3) is 0 Å². The van der Waals surface area contributed by atoms with Crippen LogP contribution in [0.5, 0.6) is 0 Å². The smallest absolute Gasteiger partial charge is 0.304 e. The summed E-state index contributed by atoms with van der Waals surface area (Å²) in [5, 5.41) is 3.51. The summed E-state index contributed by atoms with van der Waals surface area (Å²) in [6, 6.07) is 2.19. The summed E-state index contributed by atoms with van der Waals surface area (Å²) < 4.78 is 38.1. The van der Waals surface area contributed by atoms with E-state index in [9.17, 15) is 13.2 Å². The highest BCUT2D eigenvalue weighted by atomic mass is 19.4. The third-order valence-electron chi connectivity index (χ3n) is 2.56. The molecule has 1 unspecified atom stereocenters. The van der Waals surface area contributed by atoms with Crippen LogP contribution in [0, 0.1) is 6.07 Å². The van der Waals surface area contributed by atoms with E-state index < -0.39 is 11.9 Å². The Morgan fingerprint density at radius 1 is 1.53 bits per heavy atom. The zero-order chi connectivity index (χ0) is 11.1. The topological polar surface area (TPSA) is 21.1 Å². The average molecular weight is 218 g/mol. The van der Waals surface area contributed by atoms with Crippen LogP contribution in [0.3, 0.4) is 0 Å². The largest absolute Gasteiger partial charge is 0.435 e. The van der Waals surface area contributed by atoms with E-state index >= 15 is 0 Å². The highest BCUT2D eigenvalue weighted by Crippen LogP contribution is 2.28. The van der Waals surface area contributed by atoms with E-state index in [1.54, 1.807) is 0 Å². The van der Waals surface area contributed by atoms with Crippen LogP contribution in [0.1, 0.15) is 18.2 Å². The molecular formula is C9H11F3N3. The van der Waals surface area contributed by atoms with Gasteiger partial charge in [-0.1, -0.05) is 0 Å². The SMILES string of the molecule is CN1CCC(n2c[c]c(C(F)(F)F)n2)C1. The van der Waals surface area contributed by atoms with Crippen molar-refractivity contribution in [1.29, 1.82) is 0 Å². The third kappa shape index (κ3) is 2.14. The first-order valence-electron chi connectivity index (χ1n) is 4.69. The third-order valence-corrected chi connectivity index (χ3v) is 2.56. The number of likely N-dealkylation sites (tertiary alicyclic amines) is 1. The summed E-state index contributed by atoms with van der Waals surface area (Å²) in [4.78, 5) is 2.07. The molecule has 83 valence electrons. The molecule has 0 amide bonds. The van der Waals surface area contributed by atoms with Gasteiger partial charge in [-0.25, -0.2) is 0 Å². The van der Waals surface area contributed by atoms with E-state index in [4.69, 9.17) is 0 Å². The fourth-order valence-electron chi connectivity index (χ4n) is 1.75. The molecule has 15 heavy (non-hydrogen) atoms. The van der Waals surface area contributed by atoms with Gasteiger partial charge in [-0.05, 0) is 20.0 Å². The van der Waals surface area contributed by atoms with Crippen LogP contribution in [0.2, 0.25) is 0 Å². The van der Waals surface area contributed by atoms with Crippen molar-refractivity contribution in [2.75, 3.05) is 20.1 Å². The minimum absolute atomic E-state index is 0.0438. The molecule has 0 aliphatic carbocycles. The lowest BCUT2D eigenvalue weighted by atomic mass is 10.3. The molecule has 2 heterocycles. The van der Waals surface area contributed by atoms with Crippen molar-refractivity contribution in [3.8, 4) is 0 Å². The van der Waals surface area contributed by atoms with Crippen LogP contribution in [0.15, 0.2) is 6.20 Å². The van der Waals surface area contributed by atoms with Crippen LogP contribution in [-0.2, 0) is 6.18 Å². The van der Waals surface area contributed by atoms with Crippen molar-refractivity contribution in [1.82, 2.24) is 14.7 Å². The van der Waals surface area contributed by atoms with Crippen LogP contribution in [0.4, 0.5) is 13.2 Å². The quantitative estimate of drug-likeness (QED) is 0.713. The Bertz CT molecular complexity index is 345. The van der Waals surface area contributed by atoms with Gasteiger partial charge >= 0.3 is 6.18 Å². The maximum atomic E-state index is 12.2. The van der Waals surface area contributed by atoms with Crippen LogP contribution in [-0.4, -0.2) is 34.8 Å². The zero-order valence-corrected chi connectivity index (χ0v) is 8.25. The second kappa shape index (κ2) is 3.52. The Labute approximate surface area is 85.5 Å². The van der Waals surface area contributed by atoms with E-state index in [-0.39, 0.29) is 6.04 Å². The molecule has 0 saturated carbocycles. The number of hydrogen-bond acceptors (Lipinski definition) is 2. The molecule has 1 aliphatic heterocycles. The summed E-state index contributed by atoms with van der Waals surface area (Å²) in [6.45, 7) is 1.64. The fraction of sp³-hybridized carbons (Fsp3) is 0.667. The van der Waals surface area contributed by atoms with E-state index in [0.29, 0.717) is 0 Å². The van der Waals surface area contributed by atoms with Crippen molar-refractivity contribution < 1.29 is 13.2 Å². The molecule has 2 rings (SSSR count). The average Bonchev–Trinajstić information content (AvgIpc) is 2.69. The van der Waals surface area contributed by atoms with Crippen molar-refractivity contribution in [3.05, 3.63) is 18.0 Å². The maximum absolute atomic E-state index is 12.2. The summed E-state index contributed by atoms with van der Waals surface area (Å²) >= 11 is 0. The molecule has 1 atom stereocenters. The van der Waals surface area contributed by atoms with Crippen molar-refractivity contribution in [3.63, 3.8) is 0 Å². The van der Waals surface area contributed by atoms with Crippen LogP contribution >= 0.6 is 0 Å². The summed E-state index contributed by atoms with van der Waals surface area (Å²) in [5.41, 5.74) is -0.933. The van der Waals surface area contributed by atoms with Gasteiger partial charge in [0.2, 0.25) is 0 Å². The lowest BCUT2D eigenvalue weighted by Gasteiger charge is -2.10. The van der Waals surface area contributed by atoms with Gasteiger partial charge in [-0.3, -0.25) is 4.68 Å². The Morgan fingerprint density at radius 3 is 2.73 bits per heavy atom. The van der Waals surface area contributed by atoms with E-state index in [1.807, 2.05) is 7.05 Å². The van der Waals surface area contributed by atoms with E-state index in [1.165, 1.54) is 10.9 Å². The minimum Gasteiger partial charge on any atom is -0.304 e. The van der Waals surface area contributed by atoms with Gasteiger partial charge in [-0.15, -0.1) is 0 Å². The van der Waals surface area contributed by atoms with Crippen LogP contribution < -0.4 is 0 Å². The first-order chi connectivity index (χ1) is 6.97. The highest BCUT2D eigenvalue weighted by Gasteiger charge is 2.35. The van der Waals surface area contributed by atoms with Crippen LogP contribution in [0.25, 0.3) is 0 Å². The Kier molecular flexibility index (Phi) is 2.46. The second-order valence-electron chi connectivity index (χ2n) is 3.80. The Morgan fingerprint density at radius 2 is 2.27 bits per heavy atom. The first kappa shape index (κ1) is 10.5. The van der Waals surface area contributed by atoms with Gasteiger partial charge in [0, 0.05) is 18.8 Å². The van der Waals surface area contributed by atoms with Crippen molar-refractivity contribution >= 4 is 0 Å². The normalized spacial score (nSPS) is 23.6. The molecule has 1 saturated heterocycles. The molecule has 1 aliphatic rings. The standard InChI is InChI=1S/C9H11F3N3/c1-14-4-2-7(6-14)15-5-3-8(13-15)9(10,11)12/h5,7H,2,4,6H2,1H3. The van der Waals surface area contributed by atoms with E-state index in [2.05, 4.69) is 16.1 Å². The summed E-state index contributed by atoms with van der Waals surface area (Å²) in [7, 11) is 1.94. The molecule has 0 aromatic carbocycles. The predicted octanol–water partition coefficient (Wildman–Crippen LogP) is 1.58. The van der Waals surface area contributed by atoms with Crippen molar-refractivity contribution in [2.45, 2.75) is 18.6 Å². The molecule has 0 N–H and O–H groups in total. The molecule has 0 spiro atoms. The predicted molar refractivity (Wildman–Crippen MR) is 47.2 cm³/mol. The highest BCUT2D eigenvalue weighted by molar-refractivity contribution is 5.02. The number of nitrogens with zero attached hydrogens (tertiary/aromatic N) is 3. The second-order valence-corrected chi connectivity index (χ2v) is 3.80. The molecule has 6 heteroatoms. The van der Waals surface area contributed by atoms with E-state index in [0.717, 1.165) is 19.5 Å². The minimum atomic E-state index is -4.39. The molecular weight excluding hydrogens is 207 g/mol. The van der Waals surface area contributed by atoms with Crippen molar-refractivity contribution in [2.24, 2.45) is 0 Å². The number of alkyl halides is 3. The Balaban J connectivity index is 2.14. The van der Waals surface area contributed by atoms with Gasteiger partial charge in [0.1, 0.15) is 0 Å². The maximum Gasteiger partial charge on any atom is 0.435 e. The molecule has 0 bridgehead atoms. The molecule has 1 aromatic rings. The lowest BCUT2D eigenvalue weighted by Crippen LogP contribution is -2.17. The number of likely N-dealkylation sites (N-methyl/N-ethyl adjacent to an activating group) is 1. The molecule has 1 radical (unpaired) electrons. The fourth-order valence-corrected chi connectivity index (χ4v) is 1.75. The number of rotatable bonds is 1.